The largest absolute Gasteiger partial charge is 0.409 e. The fraction of sp³-hybridized carbons (Fsp3) is 0.692. The Morgan fingerprint density at radius 3 is 2.84 bits per heavy atom. The van der Waals surface area contributed by atoms with Gasteiger partial charge in [-0.2, -0.15) is 5.10 Å². The van der Waals surface area contributed by atoms with Gasteiger partial charge in [-0.1, -0.05) is 19.0 Å². The van der Waals surface area contributed by atoms with Crippen LogP contribution in [0, 0.1) is 5.41 Å². The first-order chi connectivity index (χ1) is 8.95. The predicted molar refractivity (Wildman–Crippen MR) is 76.2 cm³/mol. The van der Waals surface area contributed by atoms with Gasteiger partial charge < -0.3 is 16.3 Å². The van der Waals surface area contributed by atoms with E-state index < -0.39 is 0 Å². The zero-order valence-electron chi connectivity index (χ0n) is 12.1. The Bertz CT molecular complexity index is 411. The van der Waals surface area contributed by atoms with Crippen molar-refractivity contribution in [2.75, 3.05) is 13.1 Å². The molecule has 0 amide bonds. The molecule has 19 heavy (non-hydrogen) atoms. The number of aryl methyl sites for hydroxylation is 1. The minimum absolute atomic E-state index is 0.250. The number of aromatic nitrogens is 2. The van der Waals surface area contributed by atoms with Gasteiger partial charge in [0.2, 0.25) is 0 Å². The summed E-state index contributed by atoms with van der Waals surface area (Å²) in [5.74, 6) is 0.294. The van der Waals surface area contributed by atoms with Crippen LogP contribution in [0.5, 0.6) is 0 Å². The van der Waals surface area contributed by atoms with Crippen LogP contribution >= 0.6 is 0 Å². The summed E-state index contributed by atoms with van der Waals surface area (Å²) in [7, 11) is 1.92. The van der Waals surface area contributed by atoms with Crippen LogP contribution in [0.25, 0.3) is 0 Å². The number of hydrogen-bond acceptors (Lipinski definition) is 4. The summed E-state index contributed by atoms with van der Waals surface area (Å²) in [6, 6.07) is 0. The average Bonchev–Trinajstić information content (AvgIpc) is 2.78. The number of rotatable bonds is 8. The van der Waals surface area contributed by atoms with Crippen LogP contribution in [0.2, 0.25) is 0 Å². The molecule has 4 N–H and O–H groups in total. The van der Waals surface area contributed by atoms with Gasteiger partial charge in [0.1, 0.15) is 5.84 Å². The van der Waals surface area contributed by atoms with E-state index >= 15 is 0 Å². The van der Waals surface area contributed by atoms with Gasteiger partial charge in [-0.05, 0) is 37.9 Å². The molecular weight excluding hydrogens is 242 g/mol. The summed E-state index contributed by atoms with van der Waals surface area (Å²) in [5.41, 5.74) is 6.63. The van der Waals surface area contributed by atoms with Crippen molar-refractivity contribution in [3.63, 3.8) is 0 Å². The summed E-state index contributed by atoms with van der Waals surface area (Å²) in [5, 5.41) is 19.3. The van der Waals surface area contributed by atoms with Crippen molar-refractivity contribution in [3.05, 3.63) is 18.0 Å². The van der Waals surface area contributed by atoms with Crippen LogP contribution in [-0.4, -0.2) is 33.9 Å². The van der Waals surface area contributed by atoms with Crippen LogP contribution in [-0.2, 0) is 13.5 Å². The maximum atomic E-state index is 8.68. The molecule has 0 saturated heterocycles. The van der Waals surface area contributed by atoms with E-state index in [1.165, 1.54) is 5.56 Å². The van der Waals surface area contributed by atoms with Gasteiger partial charge in [-0.25, -0.2) is 0 Å². The Kier molecular flexibility index (Phi) is 5.82. The molecule has 0 spiro atoms. The monoisotopic (exact) mass is 267 g/mol. The second-order valence-corrected chi connectivity index (χ2v) is 5.49. The highest BCUT2D eigenvalue weighted by atomic mass is 16.4. The molecule has 0 aliphatic heterocycles. The molecule has 1 heterocycles. The fourth-order valence-electron chi connectivity index (χ4n) is 1.88. The third-order valence-electron chi connectivity index (χ3n) is 3.31. The molecule has 0 bridgehead atoms. The summed E-state index contributed by atoms with van der Waals surface area (Å²) >= 11 is 0. The van der Waals surface area contributed by atoms with E-state index in [4.69, 9.17) is 10.9 Å². The van der Waals surface area contributed by atoms with Gasteiger partial charge in [-0.3, -0.25) is 4.68 Å². The molecule has 0 aliphatic carbocycles. The van der Waals surface area contributed by atoms with Crippen LogP contribution < -0.4 is 11.1 Å². The molecule has 1 aromatic rings. The van der Waals surface area contributed by atoms with Gasteiger partial charge in [0.25, 0.3) is 0 Å². The van der Waals surface area contributed by atoms with E-state index in [1.807, 2.05) is 38.0 Å². The maximum absolute atomic E-state index is 8.68. The van der Waals surface area contributed by atoms with E-state index in [9.17, 15) is 0 Å². The van der Waals surface area contributed by atoms with Crippen LogP contribution in [0.1, 0.15) is 32.3 Å². The zero-order chi connectivity index (χ0) is 14.3. The summed E-state index contributed by atoms with van der Waals surface area (Å²) in [4.78, 5) is 0. The second kappa shape index (κ2) is 7.13. The van der Waals surface area contributed by atoms with E-state index in [-0.39, 0.29) is 5.41 Å². The first kappa shape index (κ1) is 15.5. The molecule has 0 saturated carbocycles. The predicted octanol–water partition coefficient (Wildman–Crippen LogP) is 1.10. The zero-order valence-corrected chi connectivity index (χ0v) is 12.1. The third kappa shape index (κ3) is 5.30. The molecule has 0 radical (unpaired) electrons. The molecule has 0 aromatic carbocycles. The number of nitrogens with one attached hydrogen (secondary N) is 1. The summed E-state index contributed by atoms with van der Waals surface area (Å²) < 4.78 is 1.81. The normalized spacial score (nSPS) is 12.9. The van der Waals surface area contributed by atoms with Gasteiger partial charge in [0.15, 0.2) is 0 Å². The second-order valence-electron chi connectivity index (χ2n) is 5.49. The molecule has 1 rings (SSSR count). The van der Waals surface area contributed by atoms with E-state index in [2.05, 4.69) is 15.6 Å². The third-order valence-corrected chi connectivity index (χ3v) is 3.31. The van der Waals surface area contributed by atoms with Gasteiger partial charge >= 0.3 is 0 Å². The molecule has 0 unspecified atom stereocenters. The molecule has 108 valence electrons. The topological polar surface area (TPSA) is 88.5 Å². The SMILES string of the molecule is Cn1cc(CCNCCCC(C)(C)/C(N)=N/O)cn1. The quantitative estimate of drug-likeness (QED) is 0.216. The van der Waals surface area contributed by atoms with Crippen molar-refractivity contribution in [2.24, 2.45) is 23.4 Å². The number of amidine groups is 1. The molecule has 0 atom stereocenters. The Morgan fingerprint density at radius 2 is 2.26 bits per heavy atom. The Morgan fingerprint density at radius 1 is 1.53 bits per heavy atom. The number of nitrogens with two attached hydrogens (primary N) is 1. The minimum atomic E-state index is -0.250. The lowest BCUT2D eigenvalue weighted by atomic mass is 9.86. The lowest BCUT2D eigenvalue weighted by molar-refractivity contribution is 0.304. The van der Waals surface area contributed by atoms with Crippen LogP contribution in [0.15, 0.2) is 17.5 Å². The lowest BCUT2D eigenvalue weighted by Gasteiger charge is -2.22. The Balaban J connectivity index is 2.11. The number of oxime groups is 1. The Labute approximate surface area is 114 Å². The van der Waals surface area contributed by atoms with Crippen molar-refractivity contribution >= 4 is 5.84 Å². The van der Waals surface area contributed by atoms with Crippen LogP contribution in [0.4, 0.5) is 0 Å². The van der Waals surface area contributed by atoms with Gasteiger partial charge in [0.05, 0.1) is 6.20 Å². The number of hydrogen-bond donors (Lipinski definition) is 3. The van der Waals surface area contributed by atoms with Crippen LogP contribution in [0.3, 0.4) is 0 Å². The average molecular weight is 267 g/mol. The first-order valence-electron chi connectivity index (χ1n) is 6.62. The van der Waals surface area contributed by atoms with Gasteiger partial charge in [0, 0.05) is 18.7 Å². The smallest absolute Gasteiger partial charge is 0.144 e. The molecule has 6 nitrogen and oxygen atoms in total. The Hall–Kier alpha value is -1.56. The minimum Gasteiger partial charge on any atom is -0.409 e. The molecular formula is C13H25N5O. The van der Waals surface area contributed by atoms with Crippen molar-refractivity contribution in [3.8, 4) is 0 Å². The number of nitrogens with zero attached hydrogens (tertiary/aromatic N) is 3. The maximum Gasteiger partial charge on any atom is 0.144 e. The highest BCUT2D eigenvalue weighted by Gasteiger charge is 2.22. The van der Waals surface area contributed by atoms with E-state index in [0.29, 0.717) is 5.84 Å². The molecule has 1 aromatic heterocycles. The van der Waals surface area contributed by atoms with Crippen molar-refractivity contribution in [2.45, 2.75) is 33.1 Å². The molecule has 0 fully saturated rings. The van der Waals surface area contributed by atoms with E-state index in [0.717, 1.165) is 32.4 Å². The van der Waals surface area contributed by atoms with Crippen molar-refractivity contribution in [1.29, 1.82) is 0 Å². The first-order valence-corrected chi connectivity index (χ1v) is 6.62. The molecule has 6 heteroatoms. The van der Waals surface area contributed by atoms with Crippen molar-refractivity contribution < 1.29 is 5.21 Å². The summed E-state index contributed by atoms with van der Waals surface area (Å²) in [6.07, 6.45) is 6.79. The standard InChI is InChI=1S/C13H25N5O/c1-13(2,12(14)17-19)6-4-7-15-8-5-11-9-16-18(3)10-11/h9-10,15,19H,4-8H2,1-3H3,(H2,14,17). The lowest BCUT2D eigenvalue weighted by Crippen LogP contribution is -2.32. The van der Waals surface area contributed by atoms with Crippen molar-refractivity contribution in [1.82, 2.24) is 15.1 Å². The highest BCUT2D eigenvalue weighted by molar-refractivity contribution is 5.85. The summed E-state index contributed by atoms with van der Waals surface area (Å²) in [6.45, 7) is 5.84. The highest BCUT2D eigenvalue weighted by Crippen LogP contribution is 2.21. The molecule has 0 aliphatic rings. The van der Waals surface area contributed by atoms with E-state index in [1.54, 1.807) is 0 Å². The van der Waals surface area contributed by atoms with Gasteiger partial charge in [-0.15, -0.1) is 0 Å². The fourth-order valence-corrected chi connectivity index (χ4v) is 1.88.